The predicted octanol–water partition coefficient (Wildman–Crippen LogP) is 4.66. The maximum absolute atomic E-state index is 12.3. The zero-order chi connectivity index (χ0) is 16.8. The first kappa shape index (κ1) is 17.5. The topological polar surface area (TPSA) is 38.3 Å². The highest BCUT2D eigenvalue weighted by Crippen LogP contribution is 2.18. The van der Waals surface area contributed by atoms with Crippen LogP contribution in [0.2, 0.25) is 0 Å². The zero-order valence-electron chi connectivity index (χ0n) is 13.7. The summed E-state index contributed by atoms with van der Waals surface area (Å²) < 4.78 is 6.65. The number of benzene rings is 2. The minimum Gasteiger partial charge on any atom is -0.481 e. The molecule has 0 radical (unpaired) electrons. The summed E-state index contributed by atoms with van der Waals surface area (Å²) in [4.78, 5) is 12.3. The molecule has 0 bridgehead atoms. The van der Waals surface area contributed by atoms with Crippen molar-refractivity contribution in [3.05, 3.63) is 64.1 Å². The van der Waals surface area contributed by atoms with Crippen molar-refractivity contribution in [2.45, 2.75) is 39.3 Å². The van der Waals surface area contributed by atoms with Gasteiger partial charge in [0.15, 0.2) is 6.10 Å². The summed E-state index contributed by atoms with van der Waals surface area (Å²) in [6.07, 6.45) is 0.465. The summed E-state index contributed by atoms with van der Waals surface area (Å²) >= 11 is 3.37. The molecule has 2 aromatic carbocycles. The Bertz CT molecular complexity index is 637. The molecule has 0 fully saturated rings. The smallest absolute Gasteiger partial charge is 0.261 e. The lowest BCUT2D eigenvalue weighted by molar-refractivity contribution is -0.127. The molecule has 0 saturated heterocycles. The van der Waals surface area contributed by atoms with Crippen LogP contribution in [0.25, 0.3) is 0 Å². The predicted molar refractivity (Wildman–Crippen MR) is 96.6 cm³/mol. The Kier molecular flexibility index (Phi) is 6.22. The van der Waals surface area contributed by atoms with Crippen molar-refractivity contribution >= 4 is 21.8 Å². The van der Waals surface area contributed by atoms with Crippen LogP contribution in [0.3, 0.4) is 0 Å². The number of rotatable bonds is 6. The highest BCUT2D eigenvalue weighted by atomic mass is 79.9. The highest BCUT2D eigenvalue weighted by molar-refractivity contribution is 9.10. The fourth-order valence-electron chi connectivity index (χ4n) is 2.23. The number of hydrogen-bond donors (Lipinski definition) is 1. The fraction of sp³-hybridized carbons (Fsp3) is 0.316. The van der Waals surface area contributed by atoms with Crippen LogP contribution in [0.1, 0.15) is 37.9 Å². The Labute approximate surface area is 146 Å². The van der Waals surface area contributed by atoms with E-state index in [0.29, 0.717) is 5.75 Å². The first-order valence-corrected chi connectivity index (χ1v) is 8.60. The van der Waals surface area contributed by atoms with Crippen LogP contribution in [0, 0.1) is 0 Å². The summed E-state index contributed by atoms with van der Waals surface area (Å²) in [5.74, 6) is 0.552. The average molecular weight is 376 g/mol. The van der Waals surface area contributed by atoms with Gasteiger partial charge in [-0.05, 0) is 55.7 Å². The summed E-state index contributed by atoms with van der Waals surface area (Å²) in [5, 5.41) is 2.99. The third kappa shape index (κ3) is 5.10. The Morgan fingerprint density at radius 1 is 1.09 bits per heavy atom. The maximum atomic E-state index is 12.3. The van der Waals surface area contributed by atoms with Gasteiger partial charge in [0.2, 0.25) is 0 Å². The van der Waals surface area contributed by atoms with Crippen molar-refractivity contribution in [2.24, 2.45) is 0 Å². The number of hydrogen-bond acceptors (Lipinski definition) is 2. The van der Waals surface area contributed by atoms with Crippen LogP contribution in [0.5, 0.6) is 5.75 Å². The number of carbonyl (C=O) groups excluding carboxylic acids is 1. The molecule has 3 nitrogen and oxygen atoms in total. The second-order valence-corrected chi connectivity index (χ2v) is 6.46. The van der Waals surface area contributed by atoms with Crippen LogP contribution in [-0.4, -0.2) is 12.0 Å². The molecule has 1 N–H and O–H groups in total. The minimum absolute atomic E-state index is 0.0515. The van der Waals surface area contributed by atoms with E-state index in [1.807, 2.05) is 31.2 Å². The molecule has 0 spiro atoms. The molecular formula is C19H22BrNO2. The second kappa shape index (κ2) is 8.16. The summed E-state index contributed by atoms with van der Waals surface area (Å²) in [6, 6.07) is 15.7. The number of amides is 1. The van der Waals surface area contributed by atoms with Crippen molar-refractivity contribution < 1.29 is 9.53 Å². The summed E-state index contributed by atoms with van der Waals surface area (Å²) in [7, 11) is 0. The van der Waals surface area contributed by atoms with E-state index < -0.39 is 6.10 Å². The van der Waals surface area contributed by atoms with E-state index in [9.17, 15) is 4.79 Å². The van der Waals surface area contributed by atoms with Gasteiger partial charge in [-0.3, -0.25) is 4.79 Å². The van der Waals surface area contributed by atoms with Gasteiger partial charge < -0.3 is 10.1 Å². The van der Waals surface area contributed by atoms with Gasteiger partial charge >= 0.3 is 0 Å². The molecule has 23 heavy (non-hydrogen) atoms. The van der Waals surface area contributed by atoms with Crippen molar-refractivity contribution in [1.29, 1.82) is 0 Å². The van der Waals surface area contributed by atoms with Crippen molar-refractivity contribution in [2.75, 3.05) is 0 Å². The number of aryl methyl sites for hydroxylation is 1. The number of halogens is 1. The van der Waals surface area contributed by atoms with Crippen molar-refractivity contribution in [3.8, 4) is 5.75 Å². The van der Waals surface area contributed by atoms with Gasteiger partial charge in [0.05, 0.1) is 6.04 Å². The van der Waals surface area contributed by atoms with E-state index in [0.717, 1.165) is 16.5 Å². The number of ether oxygens (including phenoxy) is 1. The molecule has 0 aromatic heterocycles. The normalized spacial score (nSPS) is 13.2. The third-order valence-electron chi connectivity index (χ3n) is 3.74. The molecule has 0 unspecified atom stereocenters. The highest BCUT2D eigenvalue weighted by Gasteiger charge is 2.17. The average Bonchev–Trinajstić information content (AvgIpc) is 2.56. The van der Waals surface area contributed by atoms with Gasteiger partial charge in [-0.25, -0.2) is 0 Å². The first-order valence-electron chi connectivity index (χ1n) is 7.81. The quantitative estimate of drug-likeness (QED) is 0.797. The first-order chi connectivity index (χ1) is 11.0. The van der Waals surface area contributed by atoms with Crippen molar-refractivity contribution in [1.82, 2.24) is 5.32 Å². The van der Waals surface area contributed by atoms with Gasteiger partial charge in [-0.2, -0.15) is 0 Å². The standard InChI is InChI=1S/C19H22BrNO2/c1-4-15-5-7-16(8-6-15)13(2)21-19(22)14(3)23-18-11-9-17(20)10-12-18/h5-14H,4H2,1-3H3,(H,21,22)/t13-,14+/m1/s1. The minimum atomic E-state index is -0.548. The van der Waals surface area contributed by atoms with E-state index in [2.05, 4.69) is 52.4 Å². The molecule has 0 aliphatic heterocycles. The Balaban J connectivity index is 1.92. The lowest BCUT2D eigenvalue weighted by atomic mass is 10.0. The molecule has 0 aliphatic rings. The van der Waals surface area contributed by atoms with Gasteiger partial charge in [0.1, 0.15) is 5.75 Å². The Morgan fingerprint density at radius 2 is 1.70 bits per heavy atom. The molecule has 0 heterocycles. The molecule has 122 valence electrons. The van der Waals surface area contributed by atoms with Crippen LogP contribution in [0.4, 0.5) is 0 Å². The summed E-state index contributed by atoms with van der Waals surface area (Å²) in [5.41, 5.74) is 2.38. The molecule has 2 atom stereocenters. The van der Waals surface area contributed by atoms with Gasteiger partial charge in [-0.15, -0.1) is 0 Å². The van der Waals surface area contributed by atoms with Gasteiger partial charge in [0, 0.05) is 4.47 Å². The van der Waals surface area contributed by atoms with Crippen molar-refractivity contribution in [3.63, 3.8) is 0 Å². The van der Waals surface area contributed by atoms with E-state index in [1.54, 1.807) is 6.92 Å². The van der Waals surface area contributed by atoms with Gasteiger partial charge in [-0.1, -0.05) is 47.1 Å². The molecule has 0 aliphatic carbocycles. The third-order valence-corrected chi connectivity index (χ3v) is 4.27. The molecule has 1 amide bonds. The summed E-state index contributed by atoms with van der Waals surface area (Å²) in [6.45, 7) is 5.86. The zero-order valence-corrected chi connectivity index (χ0v) is 15.3. The molecule has 4 heteroatoms. The molecule has 0 saturated carbocycles. The lowest BCUT2D eigenvalue weighted by Crippen LogP contribution is -2.37. The van der Waals surface area contributed by atoms with Crippen LogP contribution in [-0.2, 0) is 11.2 Å². The Hall–Kier alpha value is -1.81. The van der Waals surface area contributed by atoms with Crippen LogP contribution < -0.4 is 10.1 Å². The second-order valence-electron chi connectivity index (χ2n) is 5.54. The van der Waals surface area contributed by atoms with Gasteiger partial charge in [0.25, 0.3) is 5.91 Å². The van der Waals surface area contributed by atoms with Crippen LogP contribution >= 0.6 is 15.9 Å². The monoisotopic (exact) mass is 375 g/mol. The van der Waals surface area contributed by atoms with E-state index in [4.69, 9.17) is 4.74 Å². The number of nitrogens with one attached hydrogen (secondary N) is 1. The SMILES string of the molecule is CCc1ccc([C@@H](C)NC(=O)[C@H](C)Oc2ccc(Br)cc2)cc1. The molecule has 2 aromatic rings. The largest absolute Gasteiger partial charge is 0.481 e. The maximum Gasteiger partial charge on any atom is 0.261 e. The van der Waals surface area contributed by atoms with Crippen LogP contribution in [0.15, 0.2) is 53.0 Å². The van der Waals surface area contributed by atoms with E-state index in [-0.39, 0.29) is 11.9 Å². The molecule has 2 rings (SSSR count). The van der Waals surface area contributed by atoms with E-state index >= 15 is 0 Å². The molecular weight excluding hydrogens is 354 g/mol. The fourth-order valence-corrected chi connectivity index (χ4v) is 2.49. The van der Waals surface area contributed by atoms with E-state index in [1.165, 1.54) is 5.56 Å². The number of carbonyl (C=O) groups is 1. The Morgan fingerprint density at radius 3 is 2.26 bits per heavy atom. The lowest BCUT2D eigenvalue weighted by Gasteiger charge is -2.19.